The Morgan fingerprint density at radius 1 is 1.18 bits per heavy atom. The molecule has 1 aromatic rings. The van der Waals surface area contributed by atoms with Crippen molar-refractivity contribution in [1.82, 2.24) is 10.2 Å². The first-order chi connectivity index (χ1) is 13.5. The number of likely N-dealkylation sites (tertiary alicyclic amines) is 1. The van der Waals surface area contributed by atoms with Crippen LogP contribution in [-0.2, 0) is 14.8 Å². The van der Waals surface area contributed by atoms with E-state index in [0.29, 0.717) is 23.7 Å². The van der Waals surface area contributed by atoms with Gasteiger partial charge in [-0.25, -0.2) is 8.42 Å². The highest BCUT2D eigenvalue weighted by atomic mass is 32.2. The van der Waals surface area contributed by atoms with Crippen LogP contribution in [0.3, 0.4) is 0 Å². The lowest BCUT2D eigenvalue weighted by atomic mass is 10.1. The Bertz CT molecular complexity index is 778. The van der Waals surface area contributed by atoms with Gasteiger partial charge in [0.15, 0.2) is 11.5 Å². The molecule has 0 bridgehead atoms. The molecule has 28 heavy (non-hydrogen) atoms. The van der Waals surface area contributed by atoms with Gasteiger partial charge in [-0.15, -0.1) is 0 Å². The van der Waals surface area contributed by atoms with Gasteiger partial charge in [-0.05, 0) is 58.0 Å². The molecule has 2 aliphatic heterocycles. The number of amides is 1. The maximum Gasteiger partial charge on any atom is 0.240 e. The number of anilines is 1. The zero-order chi connectivity index (χ0) is 20.0. The summed E-state index contributed by atoms with van der Waals surface area (Å²) in [5, 5.41) is 2.84. The lowest BCUT2D eigenvalue weighted by Gasteiger charge is -2.26. The lowest BCUT2D eigenvalue weighted by Crippen LogP contribution is -2.42. The molecule has 0 aliphatic carbocycles. The molecular weight excluding hydrogens is 382 g/mol. The first kappa shape index (κ1) is 20.7. The summed E-state index contributed by atoms with van der Waals surface area (Å²) < 4.78 is 36.8. The van der Waals surface area contributed by atoms with Gasteiger partial charge in [-0.2, -0.15) is 0 Å². The molecule has 1 N–H and O–H groups in total. The average molecular weight is 412 g/mol. The van der Waals surface area contributed by atoms with Gasteiger partial charge in [0.25, 0.3) is 0 Å². The highest BCUT2D eigenvalue weighted by molar-refractivity contribution is 7.92. The van der Waals surface area contributed by atoms with Crippen LogP contribution in [0.15, 0.2) is 18.2 Å². The van der Waals surface area contributed by atoms with Crippen LogP contribution in [-0.4, -0.2) is 64.5 Å². The molecule has 8 nitrogen and oxygen atoms in total. The second-order valence-corrected chi connectivity index (χ2v) is 9.23. The molecule has 1 fully saturated rings. The molecule has 0 spiro atoms. The predicted molar refractivity (Wildman–Crippen MR) is 107 cm³/mol. The van der Waals surface area contributed by atoms with Crippen LogP contribution in [0.5, 0.6) is 11.5 Å². The summed E-state index contributed by atoms with van der Waals surface area (Å²) in [6.45, 7) is 5.17. The van der Waals surface area contributed by atoms with Gasteiger partial charge >= 0.3 is 0 Å². The number of fused-ring (bicyclic) bond motifs is 1. The molecule has 1 aromatic carbocycles. The third-order valence-electron chi connectivity index (χ3n) is 5.05. The summed E-state index contributed by atoms with van der Waals surface area (Å²) in [5.41, 5.74) is 0.398. The van der Waals surface area contributed by atoms with Crippen molar-refractivity contribution in [3.05, 3.63) is 18.2 Å². The smallest absolute Gasteiger partial charge is 0.240 e. The minimum absolute atomic E-state index is 0.0936. The van der Waals surface area contributed by atoms with Crippen LogP contribution >= 0.6 is 0 Å². The largest absolute Gasteiger partial charge is 0.454 e. The van der Waals surface area contributed by atoms with Gasteiger partial charge in [0.2, 0.25) is 22.7 Å². The van der Waals surface area contributed by atoms with Crippen molar-refractivity contribution in [2.45, 2.75) is 32.6 Å². The molecule has 0 unspecified atom stereocenters. The number of rotatable bonds is 9. The zero-order valence-electron chi connectivity index (χ0n) is 16.4. The molecule has 1 amide bonds. The maximum absolute atomic E-state index is 12.5. The molecule has 1 saturated heterocycles. The van der Waals surface area contributed by atoms with Gasteiger partial charge in [-0.3, -0.25) is 9.10 Å². The van der Waals surface area contributed by atoms with E-state index in [1.54, 1.807) is 25.1 Å². The number of piperidine rings is 1. The van der Waals surface area contributed by atoms with Gasteiger partial charge < -0.3 is 19.7 Å². The predicted octanol–water partition coefficient (Wildman–Crippen LogP) is 1.56. The Hall–Kier alpha value is -2.00. The van der Waals surface area contributed by atoms with Crippen molar-refractivity contribution >= 4 is 21.6 Å². The van der Waals surface area contributed by atoms with Gasteiger partial charge in [-0.1, -0.05) is 6.42 Å². The van der Waals surface area contributed by atoms with Crippen molar-refractivity contribution in [3.63, 3.8) is 0 Å². The number of ether oxygens (including phenoxy) is 2. The minimum Gasteiger partial charge on any atom is -0.454 e. The molecule has 0 radical (unpaired) electrons. The third kappa shape index (κ3) is 5.29. The van der Waals surface area contributed by atoms with E-state index in [1.165, 1.54) is 19.3 Å². The maximum atomic E-state index is 12.5. The van der Waals surface area contributed by atoms with Gasteiger partial charge in [0.05, 0.1) is 11.4 Å². The molecule has 0 aromatic heterocycles. The number of carbonyl (C=O) groups excluding carboxylic acids is 1. The van der Waals surface area contributed by atoms with Crippen LogP contribution in [0.2, 0.25) is 0 Å². The van der Waals surface area contributed by atoms with Crippen LogP contribution in [0.1, 0.15) is 32.6 Å². The highest BCUT2D eigenvalue weighted by Crippen LogP contribution is 2.36. The van der Waals surface area contributed by atoms with E-state index in [4.69, 9.17) is 9.47 Å². The van der Waals surface area contributed by atoms with Crippen LogP contribution in [0.25, 0.3) is 0 Å². The topological polar surface area (TPSA) is 88.2 Å². The summed E-state index contributed by atoms with van der Waals surface area (Å²) in [6, 6.07) is 4.88. The van der Waals surface area contributed by atoms with E-state index < -0.39 is 10.0 Å². The fourth-order valence-electron chi connectivity index (χ4n) is 3.45. The number of carbonyl (C=O) groups is 1. The number of sulfonamides is 1. The molecular formula is C19H29N3O5S. The Labute approximate surface area is 166 Å². The Balaban J connectivity index is 1.56. The molecule has 2 aliphatic rings. The third-order valence-corrected chi connectivity index (χ3v) is 6.79. The van der Waals surface area contributed by atoms with Crippen molar-refractivity contribution in [2.24, 2.45) is 0 Å². The van der Waals surface area contributed by atoms with Crippen LogP contribution in [0.4, 0.5) is 5.69 Å². The standard InChI is InChI=1S/C19H29N3O5S/c1-2-28(24,25)22(16-7-8-17-18(13-16)27-15-26-17)14-19(23)20-9-6-12-21-10-4-3-5-11-21/h7-8,13H,2-6,9-12,14-15H2,1H3,(H,20,23). The lowest BCUT2D eigenvalue weighted by molar-refractivity contribution is -0.119. The van der Waals surface area contributed by atoms with Gasteiger partial charge in [0, 0.05) is 12.6 Å². The number of nitrogens with one attached hydrogen (secondary N) is 1. The number of nitrogens with zero attached hydrogens (tertiary/aromatic N) is 2. The highest BCUT2D eigenvalue weighted by Gasteiger charge is 2.25. The van der Waals surface area contributed by atoms with Crippen LogP contribution in [0, 0.1) is 0 Å². The SMILES string of the molecule is CCS(=O)(=O)N(CC(=O)NCCCN1CCCCC1)c1ccc2c(c1)OCO2. The second kappa shape index (κ2) is 9.47. The summed E-state index contributed by atoms with van der Waals surface area (Å²) in [4.78, 5) is 14.8. The summed E-state index contributed by atoms with van der Waals surface area (Å²) in [7, 11) is -3.61. The molecule has 3 rings (SSSR count). The Morgan fingerprint density at radius 2 is 1.93 bits per heavy atom. The fraction of sp³-hybridized carbons (Fsp3) is 0.632. The number of hydrogen-bond acceptors (Lipinski definition) is 6. The van der Waals surface area contributed by atoms with E-state index in [0.717, 1.165) is 30.4 Å². The van der Waals surface area contributed by atoms with Crippen molar-refractivity contribution in [2.75, 3.05) is 49.6 Å². The molecule has 156 valence electrons. The Morgan fingerprint density at radius 3 is 2.68 bits per heavy atom. The minimum atomic E-state index is -3.61. The fourth-order valence-corrected chi connectivity index (χ4v) is 4.51. The van der Waals surface area contributed by atoms with E-state index in [-0.39, 0.29) is 25.0 Å². The van der Waals surface area contributed by atoms with Gasteiger partial charge in [0.1, 0.15) is 6.54 Å². The molecule has 0 atom stereocenters. The number of benzene rings is 1. The van der Waals surface area contributed by atoms with Crippen molar-refractivity contribution in [3.8, 4) is 11.5 Å². The second-order valence-electron chi connectivity index (χ2n) is 7.05. The van der Waals surface area contributed by atoms with E-state index >= 15 is 0 Å². The van der Waals surface area contributed by atoms with Crippen LogP contribution < -0.4 is 19.1 Å². The van der Waals surface area contributed by atoms with E-state index in [1.807, 2.05) is 0 Å². The normalized spacial score (nSPS) is 16.8. The summed E-state index contributed by atoms with van der Waals surface area (Å²) in [6.07, 6.45) is 4.64. The first-order valence-corrected chi connectivity index (χ1v) is 11.5. The first-order valence-electron chi connectivity index (χ1n) is 9.89. The average Bonchev–Trinajstić information content (AvgIpc) is 3.18. The van der Waals surface area contributed by atoms with Crippen molar-refractivity contribution < 1.29 is 22.7 Å². The zero-order valence-corrected chi connectivity index (χ0v) is 17.2. The monoisotopic (exact) mass is 411 g/mol. The van der Waals surface area contributed by atoms with E-state index in [2.05, 4.69) is 10.2 Å². The quantitative estimate of drug-likeness (QED) is 0.621. The molecule has 9 heteroatoms. The summed E-state index contributed by atoms with van der Waals surface area (Å²) >= 11 is 0. The summed E-state index contributed by atoms with van der Waals surface area (Å²) in [5.74, 6) is 0.646. The van der Waals surface area contributed by atoms with E-state index in [9.17, 15) is 13.2 Å². The number of hydrogen-bond donors (Lipinski definition) is 1. The van der Waals surface area contributed by atoms with Crippen molar-refractivity contribution in [1.29, 1.82) is 0 Å². The molecule has 2 heterocycles. The molecule has 0 saturated carbocycles. The Kier molecular flexibility index (Phi) is 7.01.